The largest absolute Gasteiger partial charge is 0.302 e. The van der Waals surface area contributed by atoms with Crippen LogP contribution in [0.15, 0.2) is 69.3 Å². The van der Waals surface area contributed by atoms with Crippen molar-refractivity contribution >= 4 is 45.0 Å². The molecule has 2 aromatic rings. The van der Waals surface area contributed by atoms with E-state index in [0.29, 0.717) is 5.17 Å². The molecular weight excluding hydrogens is 362 g/mol. The molecule has 0 bridgehead atoms. The van der Waals surface area contributed by atoms with Crippen LogP contribution in [0.2, 0.25) is 0 Å². The summed E-state index contributed by atoms with van der Waals surface area (Å²) in [6.45, 7) is 0. The number of halogens is 1. The fraction of sp³-hybridized carbons (Fsp3) is 0.0625. The summed E-state index contributed by atoms with van der Waals surface area (Å²) in [5.41, 5.74) is 1.91. The number of hydrogen-bond donors (Lipinski definition) is 1. The lowest BCUT2D eigenvalue weighted by Gasteiger charge is -2.03. The lowest BCUT2D eigenvalue weighted by Crippen LogP contribution is -2.21. The molecule has 1 aliphatic rings. The van der Waals surface area contributed by atoms with Gasteiger partial charge in [-0.15, -0.1) is 5.10 Å². The average Bonchev–Trinajstić information content (AvgIpc) is 2.91. The monoisotopic (exact) mass is 373 g/mol. The van der Waals surface area contributed by atoms with Crippen molar-refractivity contribution in [2.45, 2.75) is 5.25 Å². The highest BCUT2D eigenvalue weighted by Crippen LogP contribution is 2.34. The first kappa shape index (κ1) is 15.0. The van der Waals surface area contributed by atoms with Crippen molar-refractivity contribution in [3.63, 3.8) is 0 Å². The summed E-state index contributed by atoms with van der Waals surface area (Å²) < 4.78 is 1.01. The van der Waals surface area contributed by atoms with Gasteiger partial charge in [0.15, 0.2) is 5.17 Å². The van der Waals surface area contributed by atoms with Crippen molar-refractivity contribution in [1.29, 1.82) is 0 Å². The SMILES string of the molecule is O=C1N/C(=N/N=Cc2ccc(Br)cc2)SC1c1ccccc1. The maximum atomic E-state index is 12.0. The molecule has 1 fully saturated rings. The Balaban J connectivity index is 1.69. The van der Waals surface area contributed by atoms with E-state index in [1.54, 1.807) is 6.21 Å². The zero-order chi connectivity index (χ0) is 15.4. The van der Waals surface area contributed by atoms with Gasteiger partial charge in [-0.1, -0.05) is 70.2 Å². The van der Waals surface area contributed by atoms with Crippen LogP contribution in [0, 0.1) is 0 Å². The summed E-state index contributed by atoms with van der Waals surface area (Å²) in [4.78, 5) is 12.0. The van der Waals surface area contributed by atoms with Crippen molar-refractivity contribution < 1.29 is 4.79 Å². The molecule has 0 aliphatic carbocycles. The van der Waals surface area contributed by atoms with Gasteiger partial charge in [-0.25, -0.2) is 0 Å². The number of amidine groups is 1. The van der Waals surface area contributed by atoms with Gasteiger partial charge < -0.3 is 5.32 Å². The van der Waals surface area contributed by atoms with Gasteiger partial charge in [0.2, 0.25) is 5.91 Å². The molecule has 2 aromatic carbocycles. The average molecular weight is 374 g/mol. The highest BCUT2D eigenvalue weighted by Gasteiger charge is 2.31. The number of nitrogens with zero attached hydrogens (tertiary/aromatic N) is 2. The molecule has 1 atom stereocenters. The minimum atomic E-state index is -0.261. The molecule has 110 valence electrons. The summed E-state index contributed by atoms with van der Waals surface area (Å²) >= 11 is 4.76. The minimum Gasteiger partial charge on any atom is -0.302 e. The molecule has 6 heteroatoms. The van der Waals surface area contributed by atoms with E-state index in [-0.39, 0.29) is 11.2 Å². The molecule has 3 rings (SSSR count). The Kier molecular flexibility index (Phi) is 4.70. The topological polar surface area (TPSA) is 53.8 Å². The highest BCUT2D eigenvalue weighted by atomic mass is 79.9. The molecule has 0 radical (unpaired) electrons. The zero-order valence-corrected chi connectivity index (χ0v) is 13.8. The van der Waals surface area contributed by atoms with Gasteiger partial charge in [-0.05, 0) is 23.3 Å². The fourth-order valence-corrected chi connectivity index (χ4v) is 3.16. The number of hydrogen-bond acceptors (Lipinski definition) is 4. The summed E-state index contributed by atoms with van der Waals surface area (Å²) in [6.07, 6.45) is 1.65. The zero-order valence-electron chi connectivity index (χ0n) is 11.4. The van der Waals surface area contributed by atoms with Crippen LogP contribution in [-0.2, 0) is 4.79 Å². The van der Waals surface area contributed by atoms with E-state index >= 15 is 0 Å². The Morgan fingerprint density at radius 1 is 1.09 bits per heavy atom. The Morgan fingerprint density at radius 2 is 1.82 bits per heavy atom. The van der Waals surface area contributed by atoms with E-state index in [0.717, 1.165) is 15.6 Å². The van der Waals surface area contributed by atoms with Gasteiger partial charge in [0, 0.05) is 4.47 Å². The van der Waals surface area contributed by atoms with Crippen molar-refractivity contribution in [2.75, 3.05) is 0 Å². The predicted octanol–water partition coefficient (Wildman–Crippen LogP) is 3.74. The van der Waals surface area contributed by atoms with Crippen molar-refractivity contribution in [3.05, 3.63) is 70.2 Å². The molecule has 1 unspecified atom stereocenters. The number of amides is 1. The van der Waals surface area contributed by atoms with E-state index in [2.05, 4.69) is 31.4 Å². The molecule has 1 N–H and O–H groups in total. The Labute approximate surface area is 140 Å². The van der Waals surface area contributed by atoms with Crippen LogP contribution in [0.4, 0.5) is 0 Å². The minimum absolute atomic E-state index is 0.0613. The van der Waals surface area contributed by atoms with Gasteiger partial charge in [-0.3, -0.25) is 4.79 Å². The Bertz CT molecular complexity index is 729. The van der Waals surface area contributed by atoms with Crippen LogP contribution >= 0.6 is 27.7 Å². The number of thioether (sulfide) groups is 1. The number of benzene rings is 2. The van der Waals surface area contributed by atoms with E-state index in [9.17, 15) is 4.79 Å². The third kappa shape index (κ3) is 3.64. The first-order valence-corrected chi connectivity index (χ1v) is 8.29. The van der Waals surface area contributed by atoms with Crippen LogP contribution in [0.5, 0.6) is 0 Å². The normalized spacial score (nSPS) is 19.8. The molecule has 0 aromatic heterocycles. The molecule has 1 amide bonds. The lowest BCUT2D eigenvalue weighted by molar-refractivity contribution is -0.118. The smallest absolute Gasteiger partial charge is 0.244 e. The first-order valence-electron chi connectivity index (χ1n) is 6.61. The predicted molar refractivity (Wildman–Crippen MR) is 94.1 cm³/mol. The fourth-order valence-electron chi connectivity index (χ4n) is 1.96. The first-order chi connectivity index (χ1) is 10.7. The number of carbonyl (C=O) groups is 1. The second kappa shape index (κ2) is 6.89. The van der Waals surface area contributed by atoms with Crippen LogP contribution in [0.1, 0.15) is 16.4 Å². The van der Waals surface area contributed by atoms with Crippen molar-refractivity contribution in [2.24, 2.45) is 10.2 Å². The second-order valence-corrected chi connectivity index (χ2v) is 6.61. The quantitative estimate of drug-likeness (QED) is 0.657. The molecule has 4 nitrogen and oxygen atoms in total. The standard InChI is InChI=1S/C16H12BrN3OS/c17-13-8-6-11(7-9-13)10-18-20-16-19-15(21)14(22-16)12-4-2-1-3-5-12/h1-10,14H,(H,19,20,21). The summed E-state index contributed by atoms with van der Waals surface area (Å²) in [5.74, 6) is -0.0613. The van der Waals surface area contributed by atoms with Crippen LogP contribution in [0.3, 0.4) is 0 Å². The van der Waals surface area contributed by atoms with E-state index in [1.807, 2.05) is 54.6 Å². The molecule has 1 heterocycles. The molecule has 1 aliphatic heterocycles. The van der Waals surface area contributed by atoms with Gasteiger partial charge in [0.05, 0.1) is 6.21 Å². The van der Waals surface area contributed by atoms with Gasteiger partial charge in [0.25, 0.3) is 0 Å². The van der Waals surface area contributed by atoms with Crippen molar-refractivity contribution in [3.8, 4) is 0 Å². The molecular formula is C16H12BrN3OS. The van der Waals surface area contributed by atoms with Crippen LogP contribution in [0.25, 0.3) is 0 Å². The van der Waals surface area contributed by atoms with Crippen LogP contribution in [-0.4, -0.2) is 17.3 Å². The summed E-state index contributed by atoms with van der Waals surface area (Å²) in [5, 5.41) is 11.1. The van der Waals surface area contributed by atoms with Gasteiger partial charge in [-0.2, -0.15) is 5.10 Å². The van der Waals surface area contributed by atoms with E-state index in [1.165, 1.54) is 11.8 Å². The maximum absolute atomic E-state index is 12.0. The Morgan fingerprint density at radius 3 is 2.55 bits per heavy atom. The van der Waals surface area contributed by atoms with E-state index in [4.69, 9.17) is 0 Å². The molecule has 0 spiro atoms. The van der Waals surface area contributed by atoms with Crippen molar-refractivity contribution in [1.82, 2.24) is 5.32 Å². The molecule has 0 saturated carbocycles. The molecule has 1 saturated heterocycles. The van der Waals surface area contributed by atoms with Crippen LogP contribution < -0.4 is 5.32 Å². The number of carbonyl (C=O) groups excluding carboxylic acids is 1. The third-order valence-corrected chi connectivity index (χ3v) is 4.68. The third-order valence-electron chi connectivity index (χ3n) is 3.03. The van der Waals surface area contributed by atoms with E-state index < -0.39 is 0 Å². The highest BCUT2D eigenvalue weighted by molar-refractivity contribution is 9.10. The summed E-state index contributed by atoms with van der Waals surface area (Å²) in [7, 11) is 0. The lowest BCUT2D eigenvalue weighted by atomic mass is 10.1. The maximum Gasteiger partial charge on any atom is 0.244 e. The number of rotatable bonds is 3. The number of nitrogens with one attached hydrogen (secondary N) is 1. The summed E-state index contributed by atoms with van der Waals surface area (Å²) in [6, 6.07) is 17.4. The Hall–Kier alpha value is -1.92. The molecule has 22 heavy (non-hydrogen) atoms. The second-order valence-electron chi connectivity index (χ2n) is 4.60. The van der Waals surface area contributed by atoms with Gasteiger partial charge in [0.1, 0.15) is 5.25 Å². The van der Waals surface area contributed by atoms with Gasteiger partial charge >= 0.3 is 0 Å².